The van der Waals surface area contributed by atoms with Crippen LogP contribution < -0.4 is 0 Å². The van der Waals surface area contributed by atoms with E-state index in [4.69, 9.17) is 0 Å². The number of piperidine rings is 2. The zero-order valence-electron chi connectivity index (χ0n) is 15.5. The van der Waals surface area contributed by atoms with Gasteiger partial charge in [0.2, 0.25) is 11.7 Å². The lowest BCUT2D eigenvalue weighted by Gasteiger charge is -2.46. The summed E-state index contributed by atoms with van der Waals surface area (Å²) >= 11 is 0. The number of rotatable bonds is 3. The summed E-state index contributed by atoms with van der Waals surface area (Å²) in [6.45, 7) is 1.12. The fourth-order valence-electron chi connectivity index (χ4n) is 4.34. The number of carbonyl (C=O) groups excluding carboxylic acids is 3. The summed E-state index contributed by atoms with van der Waals surface area (Å²) < 4.78 is 13.2. The van der Waals surface area contributed by atoms with E-state index in [9.17, 15) is 18.8 Å². The number of ketones is 1. The lowest BCUT2D eigenvalue weighted by Crippen LogP contribution is -2.60. The molecule has 0 aliphatic carbocycles. The first-order valence-corrected chi connectivity index (χ1v) is 9.33. The van der Waals surface area contributed by atoms with Crippen molar-refractivity contribution >= 4 is 17.6 Å². The van der Waals surface area contributed by atoms with Crippen LogP contribution >= 0.6 is 0 Å². The third-order valence-corrected chi connectivity index (χ3v) is 5.78. The zero-order valence-corrected chi connectivity index (χ0v) is 15.5. The van der Waals surface area contributed by atoms with E-state index in [1.54, 1.807) is 24.1 Å². The third kappa shape index (κ3) is 3.19. The molecule has 6 heteroatoms. The Morgan fingerprint density at radius 1 is 0.964 bits per heavy atom. The van der Waals surface area contributed by atoms with Crippen molar-refractivity contribution in [2.45, 2.75) is 12.5 Å². The number of nitrogens with zero attached hydrogens (tertiary/aromatic N) is 2. The van der Waals surface area contributed by atoms with Gasteiger partial charge in [-0.2, -0.15) is 0 Å². The highest BCUT2D eigenvalue weighted by molar-refractivity contribution is 6.41. The molecule has 2 amide bonds. The van der Waals surface area contributed by atoms with Crippen molar-refractivity contribution in [1.82, 2.24) is 9.80 Å². The summed E-state index contributed by atoms with van der Waals surface area (Å²) in [6.07, 6.45) is 0. The number of likely N-dealkylation sites (N-methyl/N-ethyl adjacent to an activating group) is 1. The Morgan fingerprint density at radius 2 is 1.64 bits per heavy atom. The van der Waals surface area contributed by atoms with Gasteiger partial charge in [0.15, 0.2) is 0 Å². The lowest BCUT2D eigenvalue weighted by molar-refractivity contribution is -0.162. The highest BCUT2D eigenvalue weighted by Crippen LogP contribution is 2.40. The second kappa shape index (κ2) is 7.19. The van der Waals surface area contributed by atoms with Crippen molar-refractivity contribution in [2.75, 3.05) is 20.1 Å². The molecule has 28 heavy (non-hydrogen) atoms. The van der Waals surface area contributed by atoms with E-state index in [-0.39, 0.29) is 30.1 Å². The minimum atomic E-state index is -0.955. The number of benzene rings is 2. The lowest BCUT2D eigenvalue weighted by atomic mass is 9.70. The van der Waals surface area contributed by atoms with E-state index in [0.29, 0.717) is 13.1 Å². The molecule has 2 saturated heterocycles. The summed E-state index contributed by atoms with van der Waals surface area (Å²) in [7, 11) is 1.61. The summed E-state index contributed by atoms with van der Waals surface area (Å²) in [4.78, 5) is 41.1. The van der Waals surface area contributed by atoms with Gasteiger partial charge in [0, 0.05) is 38.5 Å². The van der Waals surface area contributed by atoms with Gasteiger partial charge in [-0.25, -0.2) is 4.39 Å². The number of likely N-dealkylation sites (tertiary alicyclic amines) is 2. The van der Waals surface area contributed by atoms with Gasteiger partial charge in [-0.1, -0.05) is 42.5 Å². The number of Topliss-reactive ketones (excluding diaryl/α,β-unsaturated/α-hetero) is 1. The molecule has 0 spiro atoms. The van der Waals surface area contributed by atoms with Crippen LogP contribution in [0.1, 0.15) is 17.0 Å². The Hall–Kier alpha value is -3.02. The van der Waals surface area contributed by atoms with Gasteiger partial charge < -0.3 is 9.80 Å². The van der Waals surface area contributed by atoms with E-state index in [1.165, 1.54) is 17.0 Å². The van der Waals surface area contributed by atoms with Crippen molar-refractivity contribution in [3.05, 3.63) is 71.5 Å². The number of hydrogen-bond donors (Lipinski definition) is 0. The van der Waals surface area contributed by atoms with Crippen LogP contribution in [0, 0.1) is 17.7 Å². The molecule has 5 nitrogen and oxygen atoms in total. The summed E-state index contributed by atoms with van der Waals surface area (Å²) in [6, 6.07) is 15.8. The number of hydrogen-bond acceptors (Lipinski definition) is 3. The fourth-order valence-corrected chi connectivity index (χ4v) is 4.34. The van der Waals surface area contributed by atoms with Gasteiger partial charge >= 0.3 is 0 Å². The smallest absolute Gasteiger partial charge is 0.290 e. The van der Waals surface area contributed by atoms with Crippen molar-refractivity contribution in [1.29, 1.82) is 0 Å². The third-order valence-electron chi connectivity index (χ3n) is 5.78. The summed E-state index contributed by atoms with van der Waals surface area (Å²) in [5.74, 6) is -3.14. The molecular weight excluding hydrogens is 359 g/mol. The van der Waals surface area contributed by atoms with Crippen LogP contribution in [0.15, 0.2) is 54.6 Å². The molecule has 3 unspecified atom stereocenters. The second-order valence-electron chi connectivity index (χ2n) is 7.55. The topological polar surface area (TPSA) is 57.7 Å². The Labute approximate surface area is 162 Å². The van der Waals surface area contributed by atoms with Crippen LogP contribution in [0.25, 0.3) is 0 Å². The van der Waals surface area contributed by atoms with Crippen molar-refractivity contribution < 1.29 is 18.8 Å². The van der Waals surface area contributed by atoms with E-state index in [2.05, 4.69) is 0 Å². The molecule has 2 aliphatic heterocycles. The van der Waals surface area contributed by atoms with Crippen LogP contribution in [0.4, 0.5) is 4.39 Å². The molecule has 0 bridgehead atoms. The Morgan fingerprint density at radius 3 is 2.32 bits per heavy atom. The SMILES string of the molecule is CN1CC2C(C(=O)C1=O)C(=O)N(Cc1ccc(F)cc1)CC2c1ccccc1. The van der Waals surface area contributed by atoms with Crippen LogP contribution in [0.5, 0.6) is 0 Å². The van der Waals surface area contributed by atoms with Crippen LogP contribution in [0.3, 0.4) is 0 Å². The molecular formula is C22H21FN2O3. The largest absolute Gasteiger partial charge is 0.339 e. The molecule has 0 aromatic heterocycles. The minimum absolute atomic E-state index is 0.0520. The first-order valence-electron chi connectivity index (χ1n) is 9.33. The number of amides is 2. The molecule has 2 heterocycles. The maximum absolute atomic E-state index is 13.2. The van der Waals surface area contributed by atoms with Gasteiger partial charge in [-0.15, -0.1) is 0 Å². The first kappa shape index (κ1) is 18.3. The highest BCUT2D eigenvalue weighted by Gasteiger charge is 2.52. The molecule has 0 N–H and O–H groups in total. The molecule has 0 radical (unpaired) electrons. The highest BCUT2D eigenvalue weighted by atomic mass is 19.1. The maximum atomic E-state index is 13.2. The number of carbonyl (C=O) groups is 3. The molecule has 2 aromatic rings. The van der Waals surface area contributed by atoms with Crippen molar-refractivity contribution in [3.63, 3.8) is 0 Å². The van der Waals surface area contributed by atoms with Crippen LogP contribution in [0.2, 0.25) is 0 Å². The summed E-state index contributed by atoms with van der Waals surface area (Å²) in [5, 5.41) is 0. The molecule has 2 aliphatic rings. The fraction of sp³-hybridized carbons (Fsp3) is 0.318. The van der Waals surface area contributed by atoms with Gasteiger partial charge in [-0.05, 0) is 23.3 Å². The van der Waals surface area contributed by atoms with Gasteiger partial charge in [0.25, 0.3) is 5.91 Å². The standard InChI is InChI=1S/C22H21FN2O3/c1-24-12-18-17(15-5-3-2-4-6-15)13-25(11-14-7-9-16(23)10-8-14)21(27)19(18)20(26)22(24)28/h2-10,17-19H,11-13H2,1H3. The minimum Gasteiger partial charge on any atom is -0.339 e. The molecule has 0 saturated carbocycles. The predicted molar refractivity (Wildman–Crippen MR) is 101 cm³/mol. The number of fused-ring (bicyclic) bond motifs is 1. The van der Waals surface area contributed by atoms with Crippen molar-refractivity contribution in [3.8, 4) is 0 Å². The Balaban J connectivity index is 1.69. The van der Waals surface area contributed by atoms with E-state index < -0.39 is 17.6 Å². The normalized spacial score (nSPS) is 25.1. The van der Waals surface area contributed by atoms with Gasteiger partial charge in [-0.3, -0.25) is 14.4 Å². The molecule has 3 atom stereocenters. The zero-order chi connectivity index (χ0) is 19.8. The molecule has 4 rings (SSSR count). The average molecular weight is 380 g/mol. The molecule has 2 aromatic carbocycles. The van der Waals surface area contributed by atoms with E-state index in [1.807, 2.05) is 30.3 Å². The van der Waals surface area contributed by atoms with Gasteiger partial charge in [0.1, 0.15) is 11.7 Å². The maximum Gasteiger partial charge on any atom is 0.290 e. The molecule has 2 fully saturated rings. The predicted octanol–water partition coefficient (Wildman–Crippen LogP) is 2.23. The second-order valence-corrected chi connectivity index (χ2v) is 7.55. The first-order chi connectivity index (χ1) is 13.5. The summed E-state index contributed by atoms with van der Waals surface area (Å²) in [5.41, 5.74) is 1.83. The number of halogens is 1. The van der Waals surface area contributed by atoms with E-state index in [0.717, 1.165) is 11.1 Å². The van der Waals surface area contributed by atoms with E-state index >= 15 is 0 Å². The monoisotopic (exact) mass is 380 g/mol. The average Bonchev–Trinajstić information content (AvgIpc) is 2.70. The Kier molecular flexibility index (Phi) is 4.71. The van der Waals surface area contributed by atoms with Crippen LogP contribution in [-0.2, 0) is 20.9 Å². The van der Waals surface area contributed by atoms with Crippen molar-refractivity contribution in [2.24, 2.45) is 11.8 Å². The van der Waals surface area contributed by atoms with Crippen LogP contribution in [-0.4, -0.2) is 47.5 Å². The quantitative estimate of drug-likeness (QED) is 0.606. The molecule has 144 valence electrons. The van der Waals surface area contributed by atoms with Gasteiger partial charge in [0.05, 0.1) is 0 Å². The Bertz CT molecular complexity index is 913.